The van der Waals surface area contributed by atoms with Crippen LogP contribution in [0.5, 0.6) is 0 Å². The number of halogens is 3. The number of carbonyl (C=O) groups excluding carboxylic acids is 1. The van der Waals surface area contributed by atoms with E-state index >= 15 is 0 Å². The maximum atomic E-state index is 11.9. The summed E-state index contributed by atoms with van der Waals surface area (Å²) in [4.78, 5) is 16.7. The summed E-state index contributed by atoms with van der Waals surface area (Å²) in [6, 6.07) is 8.65. The highest BCUT2D eigenvalue weighted by atomic mass is 79.9. The Labute approximate surface area is 148 Å². The summed E-state index contributed by atoms with van der Waals surface area (Å²) in [5.74, 6) is 0.334. The Morgan fingerprint density at radius 3 is 2.82 bits per heavy atom. The van der Waals surface area contributed by atoms with Gasteiger partial charge in [-0.25, -0.2) is 4.99 Å². The summed E-state index contributed by atoms with van der Waals surface area (Å²) >= 11 is 16.4. The van der Waals surface area contributed by atoms with Gasteiger partial charge in [-0.15, -0.1) is 0 Å². The van der Waals surface area contributed by atoms with Gasteiger partial charge in [0.25, 0.3) is 5.91 Å². The summed E-state index contributed by atoms with van der Waals surface area (Å²) in [5.41, 5.74) is 0.499. The van der Waals surface area contributed by atoms with Crippen LogP contribution in [0, 0.1) is 0 Å². The number of carbonyl (C=O) groups is 1. The molecule has 112 valence electrons. The third kappa shape index (κ3) is 3.41. The van der Waals surface area contributed by atoms with Crippen molar-refractivity contribution in [1.82, 2.24) is 5.32 Å². The molecule has 0 unspecified atom stereocenters. The molecule has 0 saturated carbocycles. The number of hydrogen-bond donors (Lipinski definition) is 1. The number of amidine groups is 1. The number of nitrogens with zero attached hydrogens (tertiary/aromatic N) is 1. The Kier molecular flexibility index (Phi) is 4.63. The lowest BCUT2D eigenvalue weighted by molar-refractivity contribution is -0.115. The number of thioether (sulfide) groups is 1. The molecule has 1 fully saturated rings. The molecule has 1 aliphatic rings. The molecular weight excluding hydrogens is 411 g/mol. The lowest BCUT2D eigenvalue weighted by Gasteiger charge is -2.00. The second-order valence-electron chi connectivity index (χ2n) is 4.20. The Balaban J connectivity index is 1.87. The highest BCUT2D eigenvalue weighted by Crippen LogP contribution is 2.34. The Hall–Kier alpha value is -1.21. The lowest BCUT2D eigenvalue weighted by Crippen LogP contribution is -2.19. The molecule has 0 radical (unpaired) electrons. The molecule has 2 aromatic rings. The number of furan rings is 1. The molecule has 0 atom stereocenters. The minimum atomic E-state index is -0.241. The summed E-state index contributed by atoms with van der Waals surface area (Å²) in [7, 11) is 0. The summed E-state index contributed by atoms with van der Waals surface area (Å²) < 4.78 is 5.95. The second-order valence-corrected chi connectivity index (χ2v) is 6.79. The fourth-order valence-electron chi connectivity index (χ4n) is 1.70. The zero-order valence-corrected chi connectivity index (χ0v) is 14.7. The largest absolute Gasteiger partial charge is 0.450 e. The number of benzene rings is 1. The van der Waals surface area contributed by atoms with Gasteiger partial charge in [-0.05, 0) is 52.0 Å². The fourth-order valence-corrected chi connectivity index (χ4v) is 3.18. The maximum absolute atomic E-state index is 11.9. The van der Waals surface area contributed by atoms with Crippen LogP contribution in [0.4, 0.5) is 5.69 Å². The van der Waals surface area contributed by atoms with E-state index < -0.39 is 0 Å². The first-order chi connectivity index (χ1) is 10.5. The molecule has 1 saturated heterocycles. The first-order valence-electron chi connectivity index (χ1n) is 6.02. The molecule has 1 N–H and O–H groups in total. The predicted octanol–water partition coefficient (Wildman–Crippen LogP) is 5.24. The van der Waals surface area contributed by atoms with Crippen LogP contribution in [0.2, 0.25) is 10.0 Å². The smallest absolute Gasteiger partial charge is 0.264 e. The molecule has 8 heteroatoms. The van der Waals surface area contributed by atoms with E-state index in [-0.39, 0.29) is 5.91 Å². The maximum Gasteiger partial charge on any atom is 0.264 e. The molecule has 22 heavy (non-hydrogen) atoms. The average molecular weight is 418 g/mol. The van der Waals surface area contributed by atoms with E-state index in [4.69, 9.17) is 27.6 Å². The van der Waals surface area contributed by atoms with E-state index in [1.54, 1.807) is 36.4 Å². The Morgan fingerprint density at radius 1 is 1.27 bits per heavy atom. The molecule has 1 amide bonds. The first kappa shape index (κ1) is 15.7. The van der Waals surface area contributed by atoms with E-state index in [0.29, 0.717) is 36.2 Å². The summed E-state index contributed by atoms with van der Waals surface area (Å²) in [6.07, 6.45) is 1.65. The fraction of sp³-hybridized carbons (Fsp3) is 0. The third-order valence-corrected chi connectivity index (χ3v) is 4.82. The Morgan fingerprint density at radius 2 is 2.09 bits per heavy atom. The van der Waals surface area contributed by atoms with E-state index in [1.165, 1.54) is 11.8 Å². The van der Waals surface area contributed by atoms with Crippen molar-refractivity contribution in [3.05, 3.63) is 55.7 Å². The highest BCUT2D eigenvalue weighted by Gasteiger charge is 2.24. The molecule has 2 heterocycles. The van der Waals surface area contributed by atoms with Crippen molar-refractivity contribution in [2.45, 2.75) is 0 Å². The monoisotopic (exact) mass is 416 g/mol. The van der Waals surface area contributed by atoms with Gasteiger partial charge in [-0.1, -0.05) is 29.3 Å². The van der Waals surface area contributed by atoms with Crippen LogP contribution in [0.1, 0.15) is 5.76 Å². The number of nitrogens with one attached hydrogen (secondary N) is 1. The quantitative estimate of drug-likeness (QED) is 0.679. The van der Waals surface area contributed by atoms with Gasteiger partial charge in [0.15, 0.2) is 9.84 Å². The van der Waals surface area contributed by atoms with Crippen molar-refractivity contribution in [3.63, 3.8) is 0 Å². The van der Waals surface area contributed by atoms with Crippen molar-refractivity contribution in [2.75, 3.05) is 0 Å². The van der Waals surface area contributed by atoms with E-state index in [9.17, 15) is 4.79 Å². The van der Waals surface area contributed by atoms with Gasteiger partial charge < -0.3 is 9.73 Å². The van der Waals surface area contributed by atoms with Crippen LogP contribution in [-0.2, 0) is 4.79 Å². The molecule has 1 aliphatic heterocycles. The van der Waals surface area contributed by atoms with Gasteiger partial charge >= 0.3 is 0 Å². The van der Waals surface area contributed by atoms with Crippen LogP contribution < -0.4 is 5.32 Å². The van der Waals surface area contributed by atoms with Gasteiger partial charge in [-0.2, -0.15) is 0 Å². The SMILES string of the molecule is O=C1NC(=Nc2cccc(Cl)c2Cl)SC1=Cc1ccc(Br)o1. The molecule has 1 aromatic heterocycles. The number of rotatable bonds is 2. The van der Waals surface area contributed by atoms with Crippen molar-refractivity contribution in [1.29, 1.82) is 0 Å². The minimum absolute atomic E-state index is 0.241. The predicted molar refractivity (Wildman–Crippen MR) is 93.7 cm³/mol. The van der Waals surface area contributed by atoms with Gasteiger partial charge in [0.2, 0.25) is 0 Å². The molecule has 4 nitrogen and oxygen atoms in total. The van der Waals surface area contributed by atoms with Crippen LogP contribution in [0.25, 0.3) is 6.08 Å². The van der Waals surface area contributed by atoms with Crippen molar-refractivity contribution < 1.29 is 9.21 Å². The third-order valence-electron chi connectivity index (χ3n) is 2.67. The summed E-state index contributed by atoms with van der Waals surface area (Å²) in [6.45, 7) is 0. The molecule has 0 bridgehead atoms. The second kappa shape index (κ2) is 6.50. The molecule has 0 spiro atoms. The summed E-state index contributed by atoms with van der Waals surface area (Å²) in [5, 5.41) is 3.87. The highest BCUT2D eigenvalue weighted by molar-refractivity contribution is 9.10. The van der Waals surface area contributed by atoms with E-state index in [1.807, 2.05) is 0 Å². The number of hydrogen-bond acceptors (Lipinski definition) is 4. The topological polar surface area (TPSA) is 54.6 Å². The van der Waals surface area contributed by atoms with Gasteiger partial charge in [0.05, 0.1) is 20.6 Å². The van der Waals surface area contributed by atoms with E-state index in [0.717, 1.165) is 0 Å². The zero-order valence-electron chi connectivity index (χ0n) is 10.8. The molecule has 0 aliphatic carbocycles. The Bertz CT molecular complexity index is 817. The lowest BCUT2D eigenvalue weighted by atomic mass is 10.3. The normalized spacial score (nSPS) is 18.2. The average Bonchev–Trinajstić information content (AvgIpc) is 3.02. The van der Waals surface area contributed by atoms with Crippen molar-refractivity contribution in [2.24, 2.45) is 4.99 Å². The molecule has 1 aromatic carbocycles. The van der Waals surface area contributed by atoms with Crippen LogP contribution in [0.3, 0.4) is 0 Å². The zero-order chi connectivity index (χ0) is 15.7. The minimum Gasteiger partial charge on any atom is -0.450 e. The van der Waals surface area contributed by atoms with Crippen LogP contribution >= 0.6 is 50.9 Å². The van der Waals surface area contributed by atoms with Crippen LogP contribution in [0.15, 0.2) is 49.3 Å². The van der Waals surface area contributed by atoms with E-state index in [2.05, 4.69) is 26.2 Å². The van der Waals surface area contributed by atoms with Gasteiger partial charge in [0.1, 0.15) is 5.76 Å². The van der Waals surface area contributed by atoms with Gasteiger partial charge in [-0.3, -0.25) is 4.79 Å². The van der Waals surface area contributed by atoms with Crippen molar-refractivity contribution in [3.8, 4) is 0 Å². The van der Waals surface area contributed by atoms with Gasteiger partial charge in [0, 0.05) is 6.08 Å². The van der Waals surface area contributed by atoms with Crippen molar-refractivity contribution >= 4 is 73.7 Å². The first-order valence-corrected chi connectivity index (χ1v) is 8.38. The van der Waals surface area contributed by atoms with Crippen LogP contribution in [-0.4, -0.2) is 11.1 Å². The number of amides is 1. The standard InChI is InChI=1S/C14H7BrCl2N2O2S/c15-11-5-4-7(21-11)6-10-13(20)19-14(22-10)18-9-3-1-2-8(16)12(9)17/h1-6H,(H,18,19,20). The molecular formula is C14H7BrCl2N2O2S. The number of aliphatic imine (C=N–C) groups is 1. The molecule has 3 rings (SSSR count).